The number of hydrogen-bond donors (Lipinski definition) is 2. The summed E-state index contributed by atoms with van der Waals surface area (Å²) in [6.07, 6.45) is 4.06. The van der Waals surface area contributed by atoms with Crippen molar-refractivity contribution in [3.63, 3.8) is 0 Å². The van der Waals surface area contributed by atoms with Gasteiger partial charge in [0.25, 0.3) is 0 Å². The van der Waals surface area contributed by atoms with E-state index in [2.05, 4.69) is 6.92 Å². The van der Waals surface area contributed by atoms with Crippen LogP contribution in [0.2, 0.25) is 0 Å². The van der Waals surface area contributed by atoms with Crippen LogP contribution in [0.3, 0.4) is 0 Å². The molecule has 0 aliphatic rings. The van der Waals surface area contributed by atoms with Crippen molar-refractivity contribution in [2.24, 2.45) is 0 Å². The fourth-order valence-electron chi connectivity index (χ4n) is 1.12. The maximum absolute atomic E-state index is 8.94. The van der Waals surface area contributed by atoms with Crippen molar-refractivity contribution in [3.8, 4) is 0 Å². The van der Waals surface area contributed by atoms with Gasteiger partial charge in [0.2, 0.25) is 0 Å². The third-order valence-electron chi connectivity index (χ3n) is 2.04. The van der Waals surface area contributed by atoms with Crippen molar-refractivity contribution < 1.29 is 19.7 Å². The quantitative estimate of drug-likeness (QED) is 0.509. The molecule has 15 heavy (non-hydrogen) atoms. The van der Waals surface area contributed by atoms with Crippen molar-refractivity contribution >= 4 is 0 Å². The average Bonchev–Trinajstić information content (AvgIpc) is 2.26. The van der Waals surface area contributed by atoms with E-state index in [4.69, 9.17) is 19.7 Å². The molecular formula is C11H24O4. The highest BCUT2D eigenvalue weighted by Gasteiger charge is 2.00. The summed E-state index contributed by atoms with van der Waals surface area (Å²) in [5.74, 6) is 0. The molecule has 1 unspecified atom stereocenters. The summed E-state index contributed by atoms with van der Waals surface area (Å²) in [6, 6.07) is 0. The molecule has 4 heteroatoms. The Kier molecular flexibility index (Phi) is 11.8. The lowest BCUT2D eigenvalue weighted by atomic mass is 10.2. The number of hydrogen-bond acceptors (Lipinski definition) is 4. The summed E-state index contributed by atoms with van der Waals surface area (Å²) in [5, 5.41) is 17.4. The van der Waals surface area contributed by atoms with Gasteiger partial charge in [0.05, 0.1) is 26.4 Å². The molecule has 0 spiro atoms. The van der Waals surface area contributed by atoms with Crippen LogP contribution >= 0.6 is 0 Å². The molecule has 0 bridgehead atoms. The van der Waals surface area contributed by atoms with E-state index in [0.29, 0.717) is 13.2 Å². The van der Waals surface area contributed by atoms with Gasteiger partial charge in [-0.2, -0.15) is 0 Å². The normalized spacial score (nSPS) is 13.0. The van der Waals surface area contributed by atoms with Crippen LogP contribution in [0.4, 0.5) is 0 Å². The van der Waals surface area contributed by atoms with Crippen LogP contribution in [0.1, 0.15) is 32.6 Å². The Hall–Kier alpha value is -0.160. The molecule has 92 valence electrons. The van der Waals surface area contributed by atoms with Crippen LogP contribution < -0.4 is 0 Å². The first-order valence-corrected chi connectivity index (χ1v) is 5.75. The Morgan fingerprint density at radius 2 is 1.73 bits per heavy atom. The monoisotopic (exact) mass is 220 g/mol. The first-order valence-electron chi connectivity index (χ1n) is 5.75. The minimum Gasteiger partial charge on any atom is -0.394 e. The minimum absolute atomic E-state index is 0.176. The van der Waals surface area contributed by atoms with Crippen LogP contribution in [-0.2, 0) is 9.47 Å². The zero-order valence-electron chi connectivity index (χ0n) is 9.65. The molecule has 0 fully saturated rings. The molecule has 0 aromatic carbocycles. The lowest BCUT2D eigenvalue weighted by Gasteiger charge is -2.08. The molecule has 1 atom stereocenters. The molecule has 0 aliphatic heterocycles. The second-order valence-electron chi connectivity index (χ2n) is 3.58. The summed E-state index contributed by atoms with van der Waals surface area (Å²) in [5.41, 5.74) is 0. The Balaban J connectivity index is 2.92. The maximum atomic E-state index is 8.94. The van der Waals surface area contributed by atoms with Gasteiger partial charge in [-0.05, 0) is 6.42 Å². The van der Waals surface area contributed by atoms with Gasteiger partial charge in [-0.3, -0.25) is 0 Å². The summed E-state index contributed by atoms with van der Waals surface area (Å²) >= 11 is 0. The molecule has 0 radical (unpaired) electrons. The van der Waals surface area contributed by atoms with Gasteiger partial charge < -0.3 is 19.7 Å². The zero-order chi connectivity index (χ0) is 11.4. The lowest BCUT2D eigenvalue weighted by Crippen LogP contribution is -2.20. The molecule has 0 saturated carbocycles. The Morgan fingerprint density at radius 1 is 1.00 bits per heavy atom. The van der Waals surface area contributed by atoms with E-state index < -0.39 is 6.10 Å². The van der Waals surface area contributed by atoms with Crippen molar-refractivity contribution in [3.05, 3.63) is 0 Å². The fourth-order valence-corrected chi connectivity index (χ4v) is 1.12. The van der Waals surface area contributed by atoms with Gasteiger partial charge in [-0.25, -0.2) is 0 Å². The average molecular weight is 220 g/mol. The number of rotatable bonds is 11. The second-order valence-corrected chi connectivity index (χ2v) is 3.58. The standard InChI is InChI=1S/C11H24O4/c1-2-3-4-5-6-14-7-8-15-10-11(13)9-12/h11-13H,2-10H2,1H3. The van der Waals surface area contributed by atoms with E-state index in [9.17, 15) is 0 Å². The highest BCUT2D eigenvalue weighted by molar-refractivity contribution is 4.48. The molecule has 0 amide bonds. The molecule has 2 N–H and O–H groups in total. The number of unbranched alkanes of at least 4 members (excludes halogenated alkanes) is 3. The zero-order valence-corrected chi connectivity index (χ0v) is 9.65. The van der Waals surface area contributed by atoms with Gasteiger partial charge >= 0.3 is 0 Å². The van der Waals surface area contributed by atoms with Gasteiger partial charge in [0, 0.05) is 6.61 Å². The van der Waals surface area contributed by atoms with Crippen LogP contribution in [-0.4, -0.2) is 49.4 Å². The number of aliphatic hydroxyl groups excluding tert-OH is 2. The first kappa shape index (κ1) is 14.8. The molecule has 0 aliphatic carbocycles. The molecule has 4 nitrogen and oxygen atoms in total. The predicted molar refractivity (Wildman–Crippen MR) is 58.9 cm³/mol. The van der Waals surface area contributed by atoms with Crippen molar-refractivity contribution in [1.82, 2.24) is 0 Å². The summed E-state index contributed by atoms with van der Waals surface area (Å²) in [6.45, 7) is 3.93. The topological polar surface area (TPSA) is 58.9 Å². The SMILES string of the molecule is CCCCCCOCCOCC(O)CO. The minimum atomic E-state index is -0.769. The van der Waals surface area contributed by atoms with E-state index in [0.717, 1.165) is 13.0 Å². The molecule has 0 saturated heterocycles. The van der Waals surface area contributed by atoms with E-state index in [1.54, 1.807) is 0 Å². The molecule has 0 aromatic rings. The highest BCUT2D eigenvalue weighted by atomic mass is 16.5. The summed E-state index contributed by atoms with van der Waals surface area (Å²) in [4.78, 5) is 0. The number of aliphatic hydroxyl groups is 2. The smallest absolute Gasteiger partial charge is 0.100 e. The Labute approximate surface area is 92.2 Å². The largest absolute Gasteiger partial charge is 0.394 e. The first-order chi connectivity index (χ1) is 7.31. The third kappa shape index (κ3) is 11.8. The van der Waals surface area contributed by atoms with Gasteiger partial charge in [-0.1, -0.05) is 26.2 Å². The molecular weight excluding hydrogens is 196 g/mol. The van der Waals surface area contributed by atoms with Crippen molar-refractivity contribution in [2.45, 2.75) is 38.7 Å². The molecule has 0 heterocycles. The Morgan fingerprint density at radius 3 is 2.40 bits per heavy atom. The molecule has 0 aromatic heterocycles. The van der Waals surface area contributed by atoms with Crippen LogP contribution in [0.5, 0.6) is 0 Å². The van der Waals surface area contributed by atoms with E-state index in [-0.39, 0.29) is 13.2 Å². The molecule has 0 rings (SSSR count). The highest BCUT2D eigenvalue weighted by Crippen LogP contribution is 1.98. The van der Waals surface area contributed by atoms with E-state index >= 15 is 0 Å². The van der Waals surface area contributed by atoms with Gasteiger partial charge in [-0.15, -0.1) is 0 Å². The van der Waals surface area contributed by atoms with Crippen molar-refractivity contribution in [1.29, 1.82) is 0 Å². The van der Waals surface area contributed by atoms with E-state index in [1.165, 1.54) is 19.3 Å². The van der Waals surface area contributed by atoms with Crippen LogP contribution in [0.15, 0.2) is 0 Å². The van der Waals surface area contributed by atoms with Crippen molar-refractivity contribution in [2.75, 3.05) is 33.0 Å². The third-order valence-corrected chi connectivity index (χ3v) is 2.04. The number of ether oxygens (including phenoxy) is 2. The van der Waals surface area contributed by atoms with Gasteiger partial charge in [0.15, 0.2) is 0 Å². The summed E-state index contributed by atoms with van der Waals surface area (Å²) < 4.78 is 10.4. The lowest BCUT2D eigenvalue weighted by molar-refractivity contribution is -0.0150. The summed E-state index contributed by atoms with van der Waals surface area (Å²) in [7, 11) is 0. The predicted octanol–water partition coefficient (Wildman–Crippen LogP) is 0.953. The van der Waals surface area contributed by atoms with E-state index in [1.807, 2.05) is 0 Å². The maximum Gasteiger partial charge on any atom is 0.100 e. The Bertz CT molecular complexity index is 119. The fraction of sp³-hybridized carbons (Fsp3) is 1.00. The van der Waals surface area contributed by atoms with Crippen LogP contribution in [0.25, 0.3) is 0 Å². The van der Waals surface area contributed by atoms with Crippen LogP contribution in [0, 0.1) is 0 Å². The second kappa shape index (κ2) is 11.9. The van der Waals surface area contributed by atoms with Gasteiger partial charge in [0.1, 0.15) is 6.10 Å².